The first-order valence-electron chi connectivity index (χ1n) is 12.1. The zero-order chi connectivity index (χ0) is 32.5. The van der Waals surface area contributed by atoms with Gasteiger partial charge >= 0.3 is 29.8 Å². The van der Waals surface area contributed by atoms with E-state index in [2.05, 4.69) is 0 Å². The summed E-state index contributed by atoms with van der Waals surface area (Å²) in [6, 6.07) is 7.43. The standard InChI is InChI=1S/C29H26O14/c1-15(30)40-21-9-5-19(13-23(21)42-17(3)32)7-11-25(34)29(39,27(36)28(37)38)26(35)12-8-20-6-10-22(41-16(2)31)24(14-20)43-18(4)33/h5-14,27,36,39H,1-4H3,(H,37,38)/b11-7+,12-8+. The van der Waals surface area contributed by atoms with Crippen molar-refractivity contribution in [2.24, 2.45) is 0 Å². The van der Waals surface area contributed by atoms with Crippen LogP contribution < -0.4 is 18.9 Å². The van der Waals surface area contributed by atoms with E-state index in [1.807, 2.05) is 0 Å². The number of ether oxygens (including phenoxy) is 4. The molecular weight excluding hydrogens is 572 g/mol. The van der Waals surface area contributed by atoms with E-state index in [0.29, 0.717) is 12.2 Å². The molecule has 14 nitrogen and oxygen atoms in total. The van der Waals surface area contributed by atoms with Crippen LogP contribution in [0.5, 0.6) is 23.0 Å². The molecule has 0 aromatic heterocycles. The number of ketones is 2. The van der Waals surface area contributed by atoms with Crippen molar-refractivity contribution in [2.75, 3.05) is 0 Å². The van der Waals surface area contributed by atoms with Crippen molar-refractivity contribution in [2.45, 2.75) is 39.4 Å². The van der Waals surface area contributed by atoms with Gasteiger partial charge in [0.25, 0.3) is 0 Å². The Morgan fingerprint density at radius 1 is 0.628 bits per heavy atom. The number of rotatable bonds is 12. The predicted molar refractivity (Wildman–Crippen MR) is 145 cm³/mol. The van der Waals surface area contributed by atoms with Gasteiger partial charge in [0.2, 0.25) is 5.60 Å². The van der Waals surface area contributed by atoms with Gasteiger partial charge < -0.3 is 34.3 Å². The molecule has 2 aromatic carbocycles. The fourth-order valence-corrected chi connectivity index (χ4v) is 3.37. The summed E-state index contributed by atoms with van der Waals surface area (Å²) in [5.41, 5.74) is -3.24. The molecule has 0 spiro atoms. The van der Waals surface area contributed by atoms with Gasteiger partial charge in [-0.25, -0.2) is 4.79 Å². The Kier molecular flexibility index (Phi) is 11.3. The van der Waals surface area contributed by atoms with Gasteiger partial charge in [-0.2, -0.15) is 0 Å². The molecule has 0 bridgehead atoms. The minimum atomic E-state index is -3.49. The van der Waals surface area contributed by atoms with Crippen molar-refractivity contribution in [1.82, 2.24) is 0 Å². The zero-order valence-electron chi connectivity index (χ0n) is 23.2. The van der Waals surface area contributed by atoms with Crippen LogP contribution in [0.2, 0.25) is 0 Å². The van der Waals surface area contributed by atoms with Crippen molar-refractivity contribution in [3.63, 3.8) is 0 Å². The lowest BCUT2D eigenvalue weighted by atomic mass is 9.86. The van der Waals surface area contributed by atoms with E-state index in [1.54, 1.807) is 0 Å². The van der Waals surface area contributed by atoms with Gasteiger partial charge in [-0.15, -0.1) is 0 Å². The number of hydrogen-bond acceptors (Lipinski definition) is 13. The number of carbonyl (C=O) groups excluding carboxylic acids is 6. The van der Waals surface area contributed by atoms with Crippen LogP contribution in [-0.2, 0) is 33.6 Å². The number of aliphatic carboxylic acids is 1. The number of carbonyl (C=O) groups is 7. The fraction of sp³-hybridized carbons (Fsp3) is 0.207. The number of hydrogen-bond donors (Lipinski definition) is 3. The highest BCUT2D eigenvalue weighted by molar-refractivity contribution is 6.22. The van der Waals surface area contributed by atoms with Crippen LogP contribution in [0.1, 0.15) is 38.8 Å². The molecule has 0 radical (unpaired) electrons. The molecule has 226 valence electrons. The number of esters is 4. The lowest BCUT2D eigenvalue weighted by Crippen LogP contribution is -2.57. The number of aliphatic hydroxyl groups is 2. The van der Waals surface area contributed by atoms with E-state index in [4.69, 9.17) is 18.9 Å². The van der Waals surface area contributed by atoms with E-state index in [1.165, 1.54) is 36.4 Å². The summed E-state index contributed by atoms with van der Waals surface area (Å²) in [5, 5.41) is 30.3. The highest BCUT2D eigenvalue weighted by Gasteiger charge is 2.51. The molecule has 43 heavy (non-hydrogen) atoms. The predicted octanol–water partition coefficient (Wildman–Crippen LogP) is 1.43. The Bertz CT molecular complexity index is 1430. The molecule has 1 atom stereocenters. The first kappa shape index (κ1) is 33.7. The first-order chi connectivity index (χ1) is 20.0. The number of carboxylic acid groups (broad SMARTS) is 1. The molecule has 0 aliphatic rings. The summed E-state index contributed by atoms with van der Waals surface area (Å²) in [6.45, 7) is 4.39. The lowest BCUT2D eigenvalue weighted by molar-refractivity contribution is -0.172. The van der Waals surface area contributed by atoms with Crippen LogP contribution in [-0.4, -0.2) is 68.4 Å². The van der Waals surface area contributed by atoms with Gasteiger partial charge in [0, 0.05) is 27.7 Å². The topological polar surface area (TPSA) is 217 Å². The molecule has 2 rings (SSSR count). The second-order valence-electron chi connectivity index (χ2n) is 8.69. The van der Waals surface area contributed by atoms with Gasteiger partial charge in [0.1, 0.15) is 0 Å². The summed E-state index contributed by atoms with van der Waals surface area (Å²) in [7, 11) is 0. The molecule has 2 aromatic rings. The number of benzene rings is 2. The van der Waals surface area contributed by atoms with Crippen molar-refractivity contribution in [3.8, 4) is 23.0 Å². The van der Waals surface area contributed by atoms with Gasteiger partial charge in [0.05, 0.1) is 0 Å². The molecular formula is C29H26O14. The normalized spacial score (nSPS) is 12.0. The van der Waals surface area contributed by atoms with E-state index in [0.717, 1.165) is 39.8 Å². The molecule has 0 heterocycles. The minimum Gasteiger partial charge on any atom is -0.479 e. The Labute approximate surface area is 243 Å². The average molecular weight is 599 g/mol. The molecule has 0 aliphatic heterocycles. The van der Waals surface area contributed by atoms with Crippen LogP contribution in [0.3, 0.4) is 0 Å². The second kappa shape index (κ2) is 14.4. The van der Waals surface area contributed by atoms with Gasteiger partial charge in [0.15, 0.2) is 40.7 Å². The quantitative estimate of drug-likeness (QED) is 0.136. The van der Waals surface area contributed by atoms with Gasteiger partial charge in [-0.3, -0.25) is 28.8 Å². The van der Waals surface area contributed by atoms with Crippen LogP contribution >= 0.6 is 0 Å². The van der Waals surface area contributed by atoms with Crippen LogP contribution in [0.4, 0.5) is 0 Å². The van der Waals surface area contributed by atoms with Crippen LogP contribution in [0.25, 0.3) is 12.2 Å². The zero-order valence-corrected chi connectivity index (χ0v) is 23.2. The smallest absolute Gasteiger partial charge is 0.336 e. The molecule has 0 amide bonds. The average Bonchev–Trinajstić information content (AvgIpc) is 2.90. The molecule has 14 heteroatoms. The Morgan fingerprint density at radius 2 is 0.953 bits per heavy atom. The maximum Gasteiger partial charge on any atom is 0.336 e. The Morgan fingerprint density at radius 3 is 1.26 bits per heavy atom. The van der Waals surface area contributed by atoms with Crippen LogP contribution in [0.15, 0.2) is 48.6 Å². The third-order valence-electron chi connectivity index (χ3n) is 5.19. The van der Waals surface area contributed by atoms with Crippen molar-refractivity contribution in [1.29, 1.82) is 0 Å². The lowest BCUT2D eigenvalue weighted by Gasteiger charge is -2.25. The highest BCUT2D eigenvalue weighted by Crippen LogP contribution is 2.31. The van der Waals surface area contributed by atoms with E-state index in [-0.39, 0.29) is 34.1 Å². The van der Waals surface area contributed by atoms with Crippen LogP contribution in [0, 0.1) is 0 Å². The highest BCUT2D eigenvalue weighted by atomic mass is 16.6. The molecule has 0 aliphatic carbocycles. The summed E-state index contributed by atoms with van der Waals surface area (Å²) < 4.78 is 19.8. The molecule has 0 fully saturated rings. The third kappa shape index (κ3) is 9.27. The third-order valence-corrected chi connectivity index (χ3v) is 5.19. The summed E-state index contributed by atoms with van der Waals surface area (Å²) in [5.74, 6) is -8.74. The van der Waals surface area contributed by atoms with Crippen molar-refractivity contribution >= 4 is 53.6 Å². The Balaban J connectivity index is 2.44. The van der Waals surface area contributed by atoms with E-state index in [9.17, 15) is 48.9 Å². The Hall–Kier alpha value is -5.47. The van der Waals surface area contributed by atoms with Gasteiger partial charge in [-0.1, -0.05) is 24.3 Å². The fourth-order valence-electron chi connectivity index (χ4n) is 3.37. The number of carboxylic acids is 1. The molecule has 0 saturated heterocycles. The maximum absolute atomic E-state index is 13.0. The van der Waals surface area contributed by atoms with Gasteiger partial charge in [-0.05, 0) is 47.5 Å². The maximum atomic E-state index is 13.0. The van der Waals surface area contributed by atoms with Crippen molar-refractivity contribution < 1.29 is 67.8 Å². The first-order valence-corrected chi connectivity index (χ1v) is 12.1. The monoisotopic (exact) mass is 598 g/mol. The minimum absolute atomic E-state index is 0.123. The van der Waals surface area contributed by atoms with E-state index < -0.39 is 53.1 Å². The largest absolute Gasteiger partial charge is 0.479 e. The molecule has 0 saturated carbocycles. The number of aliphatic hydroxyl groups excluding tert-OH is 1. The van der Waals surface area contributed by atoms with E-state index >= 15 is 0 Å². The summed E-state index contributed by atoms with van der Waals surface area (Å²) >= 11 is 0. The summed E-state index contributed by atoms with van der Waals surface area (Å²) in [6.07, 6.45) is 0.365. The SMILES string of the molecule is CC(=O)Oc1ccc(/C=C/C(=O)C(O)(C(=O)/C=C/c2ccc(OC(C)=O)c(OC(C)=O)c2)C(O)C(=O)O)cc1OC(C)=O. The summed E-state index contributed by atoms with van der Waals surface area (Å²) in [4.78, 5) is 82.9. The second-order valence-corrected chi connectivity index (χ2v) is 8.69. The molecule has 1 unspecified atom stereocenters. The molecule has 3 N–H and O–H groups in total. The van der Waals surface area contributed by atoms with Crippen molar-refractivity contribution in [3.05, 3.63) is 59.7 Å².